The van der Waals surface area contributed by atoms with E-state index in [1.54, 1.807) is 19.2 Å². The molecule has 0 atom stereocenters. The van der Waals surface area contributed by atoms with Gasteiger partial charge in [0.15, 0.2) is 5.78 Å². The molecule has 0 fully saturated rings. The van der Waals surface area contributed by atoms with E-state index in [1.165, 1.54) is 6.92 Å². The zero-order valence-corrected chi connectivity index (χ0v) is 9.63. The summed E-state index contributed by atoms with van der Waals surface area (Å²) in [5.74, 6) is 1.28. The van der Waals surface area contributed by atoms with Crippen molar-refractivity contribution in [2.75, 3.05) is 13.7 Å². The van der Waals surface area contributed by atoms with Crippen LogP contribution in [0.15, 0.2) is 22.7 Å². The number of ether oxygens (including phenoxy) is 2. The van der Waals surface area contributed by atoms with Gasteiger partial charge in [-0.05, 0) is 35.0 Å². The molecule has 0 aromatic heterocycles. The third-order valence-electron chi connectivity index (χ3n) is 1.58. The zero-order chi connectivity index (χ0) is 10.6. The van der Waals surface area contributed by atoms with Crippen molar-refractivity contribution in [3.63, 3.8) is 0 Å². The molecular weight excluding hydrogens is 248 g/mol. The van der Waals surface area contributed by atoms with Crippen LogP contribution < -0.4 is 9.47 Å². The Kier molecular flexibility index (Phi) is 3.95. The number of benzene rings is 1. The van der Waals surface area contributed by atoms with Gasteiger partial charge in [-0.25, -0.2) is 0 Å². The minimum Gasteiger partial charge on any atom is -0.495 e. The molecule has 0 radical (unpaired) electrons. The van der Waals surface area contributed by atoms with Gasteiger partial charge in [-0.1, -0.05) is 6.07 Å². The van der Waals surface area contributed by atoms with Crippen LogP contribution in [0.3, 0.4) is 0 Å². The average Bonchev–Trinajstić information content (AvgIpc) is 2.16. The highest BCUT2D eigenvalue weighted by molar-refractivity contribution is 9.10. The van der Waals surface area contributed by atoms with Crippen molar-refractivity contribution < 1.29 is 14.3 Å². The Morgan fingerprint density at radius 1 is 1.43 bits per heavy atom. The maximum atomic E-state index is 10.7. The van der Waals surface area contributed by atoms with Gasteiger partial charge < -0.3 is 9.47 Å². The molecule has 0 aliphatic carbocycles. The van der Waals surface area contributed by atoms with Crippen LogP contribution in [0.4, 0.5) is 0 Å². The normalized spacial score (nSPS) is 9.64. The van der Waals surface area contributed by atoms with Crippen molar-refractivity contribution in [1.29, 1.82) is 0 Å². The summed E-state index contributed by atoms with van der Waals surface area (Å²) in [7, 11) is 1.58. The zero-order valence-electron chi connectivity index (χ0n) is 8.04. The SMILES string of the molecule is COc1cccc(OCC(C)=O)c1Br. The van der Waals surface area contributed by atoms with E-state index >= 15 is 0 Å². The van der Waals surface area contributed by atoms with Gasteiger partial charge >= 0.3 is 0 Å². The van der Waals surface area contributed by atoms with E-state index in [-0.39, 0.29) is 12.4 Å². The predicted molar refractivity (Wildman–Crippen MR) is 56.9 cm³/mol. The van der Waals surface area contributed by atoms with Gasteiger partial charge in [0.25, 0.3) is 0 Å². The molecule has 0 bridgehead atoms. The van der Waals surface area contributed by atoms with Crippen molar-refractivity contribution in [2.45, 2.75) is 6.92 Å². The highest BCUT2D eigenvalue weighted by atomic mass is 79.9. The van der Waals surface area contributed by atoms with Crippen LogP contribution in [0.25, 0.3) is 0 Å². The van der Waals surface area contributed by atoms with Gasteiger partial charge in [-0.3, -0.25) is 4.79 Å². The van der Waals surface area contributed by atoms with Gasteiger partial charge in [-0.15, -0.1) is 0 Å². The van der Waals surface area contributed by atoms with Crippen LogP contribution in [0.1, 0.15) is 6.92 Å². The number of Topliss-reactive ketones (excluding diaryl/α,β-unsaturated/α-hetero) is 1. The molecule has 0 unspecified atom stereocenters. The number of carbonyl (C=O) groups excluding carboxylic acids is 1. The van der Waals surface area contributed by atoms with Gasteiger partial charge in [0.05, 0.1) is 7.11 Å². The number of ketones is 1. The second-order valence-electron chi connectivity index (χ2n) is 2.76. The number of hydrogen-bond donors (Lipinski definition) is 0. The smallest absolute Gasteiger partial charge is 0.167 e. The Morgan fingerprint density at radius 2 is 2.07 bits per heavy atom. The van der Waals surface area contributed by atoms with Crippen LogP contribution in [-0.4, -0.2) is 19.5 Å². The first-order valence-corrected chi connectivity index (χ1v) is 4.89. The summed E-state index contributed by atoms with van der Waals surface area (Å²) >= 11 is 3.33. The molecule has 3 nitrogen and oxygen atoms in total. The molecule has 0 aliphatic rings. The van der Waals surface area contributed by atoms with E-state index in [2.05, 4.69) is 15.9 Å². The molecule has 14 heavy (non-hydrogen) atoms. The van der Waals surface area contributed by atoms with Crippen molar-refractivity contribution in [3.05, 3.63) is 22.7 Å². The van der Waals surface area contributed by atoms with E-state index in [1.807, 2.05) is 6.07 Å². The second-order valence-corrected chi connectivity index (χ2v) is 3.56. The van der Waals surface area contributed by atoms with Crippen LogP contribution in [0.2, 0.25) is 0 Å². The maximum Gasteiger partial charge on any atom is 0.167 e. The Balaban J connectivity index is 2.81. The summed E-state index contributed by atoms with van der Waals surface area (Å²) in [6.07, 6.45) is 0. The van der Waals surface area contributed by atoms with E-state index in [0.29, 0.717) is 11.5 Å². The molecule has 0 spiro atoms. The lowest BCUT2D eigenvalue weighted by Gasteiger charge is -2.09. The highest BCUT2D eigenvalue weighted by Gasteiger charge is 2.07. The van der Waals surface area contributed by atoms with Crippen LogP contribution in [-0.2, 0) is 4.79 Å². The molecule has 0 heterocycles. The van der Waals surface area contributed by atoms with Crippen molar-refractivity contribution >= 4 is 21.7 Å². The molecule has 0 saturated heterocycles. The summed E-state index contributed by atoms with van der Waals surface area (Å²) in [5.41, 5.74) is 0. The van der Waals surface area contributed by atoms with Crippen molar-refractivity contribution in [3.8, 4) is 11.5 Å². The maximum absolute atomic E-state index is 10.7. The van der Waals surface area contributed by atoms with Gasteiger partial charge in [0.2, 0.25) is 0 Å². The van der Waals surface area contributed by atoms with Gasteiger partial charge in [0, 0.05) is 0 Å². The Labute approximate surface area is 91.1 Å². The molecule has 76 valence electrons. The second kappa shape index (κ2) is 5.00. The largest absolute Gasteiger partial charge is 0.495 e. The molecule has 0 amide bonds. The van der Waals surface area contributed by atoms with E-state index in [9.17, 15) is 4.79 Å². The molecule has 1 rings (SSSR count). The summed E-state index contributed by atoms with van der Waals surface area (Å²) in [4.78, 5) is 10.7. The number of carbonyl (C=O) groups is 1. The summed E-state index contributed by atoms with van der Waals surface area (Å²) in [5, 5.41) is 0. The minimum atomic E-state index is -0.0141. The van der Waals surface area contributed by atoms with E-state index in [0.717, 1.165) is 4.47 Å². The number of hydrogen-bond acceptors (Lipinski definition) is 3. The molecule has 0 N–H and O–H groups in total. The molecule has 4 heteroatoms. The first kappa shape index (κ1) is 11.0. The average molecular weight is 259 g/mol. The Hall–Kier alpha value is -1.03. The third kappa shape index (κ3) is 2.73. The monoisotopic (exact) mass is 258 g/mol. The topological polar surface area (TPSA) is 35.5 Å². The van der Waals surface area contributed by atoms with Crippen LogP contribution in [0, 0.1) is 0 Å². The Morgan fingerprint density at radius 3 is 2.64 bits per heavy atom. The van der Waals surface area contributed by atoms with E-state index in [4.69, 9.17) is 9.47 Å². The van der Waals surface area contributed by atoms with Gasteiger partial charge in [0.1, 0.15) is 22.6 Å². The minimum absolute atomic E-state index is 0.0141. The number of methoxy groups -OCH3 is 1. The standard InChI is InChI=1S/C10H11BrO3/c1-7(12)6-14-9-5-3-4-8(13-2)10(9)11/h3-5H,6H2,1-2H3. The first-order valence-electron chi connectivity index (χ1n) is 4.10. The van der Waals surface area contributed by atoms with Crippen LogP contribution in [0.5, 0.6) is 11.5 Å². The molecule has 1 aromatic carbocycles. The third-order valence-corrected chi connectivity index (χ3v) is 2.36. The number of rotatable bonds is 4. The molecule has 1 aromatic rings. The first-order chi connectivity index (χ1) is 6.65. The fraction of sp³-hybridized carbons (Fsp3) is 0.300. The fourth-order valence-electron chi connectivity index (χ4n) is 0.939. The predicted octanol–water partition coefficient (Wildman–Crippen LogP) is 2.43. The summed E-state index contributed by atoms with van der Waals surface area (Å²) < 4.78 is 11.1. The lowest BCUT2D eigenvalue weighted by Crippen LogP contribution is -2.06. The summed E-state index contributed by atoms with van der Waals surface area (Å²) in [6, 6.07) is 5.39. The van der Waals surface area contributed by atoms with Crippen LogP contribution >= 0.6 is 15.9 Å². The summed E-state index contributed by atoms with van der Waals surface area (Å²) in [6.45, 7) is 1.56. The lowest BCUT2D eigenvalue weighted by atomic mass is 10.3. The van der Waals surface area contributed by atoms with Crippen molar-refractivity contribution in [1.82, 2.24) is 0 Å². The lowest BCUT2D eigenvalue weighted by molar-refractivity contribution is -0.118. The molecular formula is C10H11BrO3. The van der Waals surface area contributed by atoms with Gasteiger partial charge in [-0.2, -0.15) is 0 Å². The fourth-order valence-corrected chi connectivity index (χ4v) is 1.48. The molecule has 0 aliphatic heterocycles. The van der Waals surface area contributed by atoms with E-state index < -0.39 is 0 Å². The quantitative estimate of drug-likeness (QED) is 0.833. The molecule has 0 saturated carbocycles. The highest BCUT2D eigenvalue weighted by Crippen LogP contribution is 2.33. The Bertz CT molecular complexity index is 336. The number of halogens is 1. The van der Waals surface area contributed by atoms with Crippen molar-refractivity contribution in [2.24, 2.45) is 0 Å².